The van der Waals surface area contributed by atoms with Gasteiger partial charge in [-0.1, -0.05) is 36.4 Å². The maximum absolute atomic E-state index is 12.0. The van der Waals surface area contributed by atoms with Crippen LogP contribution in [0.3, 0.4) is 0 Å². The first kappa shape index (κ1) is 13.3. The van der Waals surface area contributed by atoms with Gasteiger partial charge in [-0.25, -0.2) is 4.79 Å². The molecule has 0 bridgehead atoms. The number of anilines is 1. The molecule has 3 rings (SSSR count). The number of carbonyl (C=O) groups is 1. The van der Waals surface area contributed by atoms with Gasteiger partial charge in [-0.2, -0.15) is 0 Å². The lowest BCUT2D eigenvalue weighted by Crippen LogP contribution is -2.28. The SMILES string of the molecule is O=C(NCc1ccccc1)Nc1cccc2c1OCCO2. The van der Waals surface area contributed by atoms with Crippen LogP contribution in [-0.2, 0) is 6.54 Å². The van der Waals surface area contributed by atoms with Gasteiger partial charge in [0.1, 0.15) is 13.2 Å². The Bertz CT molecular complexity index is 629. The second kappa shape index (κ2) is 6.17. The van der Waals surface area contributed by atoms with Gasteiger partial charge in [0.15, 0.2) is 11.5 Å². The molecule has 108 valence electrons. The van der Waals surface area contributed by atoms with E-state index in [1.807, 2.05) is 42.5 Å². The van der Waals surface area contributed by atoms with Crippen molar-refractivity contribution in [2.45, 2.75) is 6.54 Å². The molecule has 0 aromatic heterocycles. The number of nitrogens with one attached hydrogen (secondary N) is 2. The van der Waals surface area contributed by atoms with Crippen molar-refractivity contribution >= 4 is 11.7 Å². The van der Waals surface area contributed by atoms with Crippen molar-refractivity contribution in [3.63, 3.8) is 0 Å². The fraction of sp³-hybridized carbons (Fsp3) is 0.188. The zero-order chi connectivity index (χ0) is 14.5. The fourth-order valence-corrected chi connectivity index (χ4v) is 2.12. The van der Waals surface area contributed by atoms with E-state index in [4.69, 9.17) is 9.47 Å². The van der Waals surface area contributed by atoms with Gasteiger partial charge in [0, 0.05) is 6.54 Å². The molecule has 2 N–H and O–H groups in total. The van der Waals surface area contributed by atoms with Crippen LogP contribution in [0.2, 0.25) is 0 Å². The molecular formula is C16H16N2O3. The van der Waals surface area contributed by atoms with Gasteiger partial charge in [0.25, 0.3) is 0 Å². The first-order valence-corrected chi connectivity index (χ1v) is 6.80. The number of fused-ring (bicyclic) bond motifs is 1. The second-order valence-electron chi connectivity index (χ2n) is 4.62. The van der Waals surface area contributed by atoms with Gasteiger partial charge in [0.05, 0.1) is 5.69 Å². The predicted molar refractivity (Wildman–Crippen MR) is 79.7 cm³/mol. The molecule has 1 aliphatic rings. The number of rotatable bonds is 3. The Morgan fingerprint density at radius 3 is 2.67 bits per heavy atom. The summed E-state index contributed by atoms with van der Waals surface area (Å²) in [6.45, 7) is 1.48. The van der Waals surface area contributed by atoms with Gasteiger partial charge in [-0.15, -0.1) is 0 Å². The summed E-state index contributed by atoms with van der Waals surface area (Å²) in [4.78, 5) is 12.0. The van der Waals surface area contributed by atoms with Crippen LogP contribution in [0.25, 0.3) is 0 Å². The molecule has 1 heterocycles. The van der Waals surface area contributed by atoms with E-state index in [1.54, 1.807) is 6.07 Å². The third-order valence-electron chi connectivity index (χ3n) is 3.11. The lowest BCUT2D eigenvalue weighted by molar-refractivity contribution is 0.172. The molecule has 5 heteroatoms. The average Bonchev–Trinajstić information content (AvgIpc) is 2.54. The minimum atomic E-state index is -0.276. The van der Waals surface area contributed by atoms with E-state index in [2.05, 4.69) is 10.6 Å². The van der Waals surface area contributed by atoms with Gasteiger partial charge in [-0.3, -0.25) is 0 Å². The number of urea groups is 1. The molecule has 0 aliphatic carbocycles. The van der Waals surface area contributed by atoms with Crippen LogP contribution in [0.5, 0.6) is 11.5 Å². The Labute approximate surface area is 122 Å². The Morgan fingerprint density at radius 1 is 1.00 bits per heavy atom. The molecule has 1 aliphatic heterocycles. The Hall–Kier alpha value is -2.69. The van der Waals surface area contributed by atoms with Crippen LogP contribution < -0.4 is 20.1 Å². The number of benzene rings is 2. The van der Waals surface area contributed by atoms with Crippen LogP contribution >= 0.6 is 0 Å². The van der Waals surface area contributed by atoms with Gasteiger partial charge in [0.2, 0.25) is 0 Å². The lowest BCUT2D eigenvalue weighted by Gasteiger charge is -2.21. The van der Waals surface area contributed by atoms with Crippen molar-refractivity contribution in [2.24, 2.45) is 0 Å². The van der Waals surface area contributed by atoms with Crippen molar-refractivity contribution in [3.05, 3.63) is 54.1 Å². The van der Waals surface area contributed by atoms with Gasteiger partial charge < -0.3 is 20.1 Å². The smallest absolute Gasteiger partial charge is 0.319 e. The Balaban J connectivity index is 1.63. The van der Waals surface area contributed by atoms with Crippen LogP contribution in [0.4, 0.5) is 10.5 Å². The first-order chi connectivity index (χ1) is 10.3. The molecule has 21 heavy (non-hydrogen) atoms. The maximum Gasteiger partial charge on any atom is 0.319 e. The molecule has 0 radical (unpaired) electrons. The molecule has 0 saturated carbocycles. The third kappa shape index (κ3) is 3.25. The molecule has 0 atom stereocenters. The number of hydrogen-bond acceptors (Lipinski definition) is 3. The summed E-state index contributed by atoms with van der Waals surface area (Å²) in [6, 6.07) is 14.9. The van der Waals surface area contributed by atoms with Crippen molar-refractivity contribution in [1.29, 1.82) is 0 Å². The topological polar surface area (TPSA) is 59.6 Å². The molecule has 0 saturated heterocycles. The van der Waals surface area contributed by atoms with Crippen LogP contribution in [0.15, 0.2) is 48.5 Å². The van der Waals surface area contributed by atoms with Crippen LogP contribution in [0, 0.1) is 0 Å². The van der Waals surface area contributed by atoms with E-state index >= 15 is 0 Å². The number of ether oxygens (including phenoxy) is 2. The Morgan fingerprint density at radius 2 is 1.81 bits per heavy atom. The zero-order valence-corrected chi connectivity index (χ0v) is 11.5. The Kier molecular flexibility index (Phi) is 3.91. The quantitative estimate of drug-likeness (QED) is 0.911. The summed E-state index contributed by atoms with van der Waals surface area (Å²) in [6.07, 6.45) is 0. The average molecular weight is 284 g/mol. The molecule has 5 nitrogen and oxygen atoms in total. The van der Waals surface area contributed by atoms with E-state index < -0.39 is 0 Å². The summed E-state index contributed by atoms with van der Waals surface area (Å²) in [5.41, 5.74) is 1.65. The zero-order valence-electron chi connectivity index (χ0n) is 11.5. The number of hydrogen-bond donors (Lipinski definition) is 2. The van der Waals surface area contributed by atoms with Gasteiger partial charge >= 0.3 is 6.03 Å². The van der Waals surface area contributed by atoms with Gasteiger partial charge in [-0.05, 0) is 17.7 Å². The number of carbonyl (C=O) groups excluding carboxylic acids is 1. The summed E-state index contributed by atoms with van der Waals surface area (Å²) < 4.78 is 11.0. The summed E-state index contributed by atoms with van der Waals surface area (Å²) in [5, 5.41) is 5.59. The third-order valence-corrected chi connectivity index (χ3v) is 3.11. The number of para-hydroxylation sites is 1. The van der Waals surface area contributed by atoms with Crippen molar-refractivity contribution in [1.82, 2.24) is 5.32 Å². The lowest BCUT2D eigenvalue weighted by atomic mass is 10.2. The van der Waals surface area contributed by atoms with Crippen molar-refractivity contribution in [2.75, 3.05) is 18.5 Å². The van der Waals surface area contributed by atoms with Crippen LogP contribution in [-0.4, -0.2) is 19.2 Å². The molecule has 2 amide bonds. The van der Waals surface area contributed by atoms with Crippen molar-refractivity contribution in [3.8, 4) is 11.5 Å². The molecule has 0 spiro atoms. The van der Waals surface area contributed by atoms with E-state index in [-0.39, 0.29) is 6.03 Å². The minimum Gasteiger partial charge on any atom is -0.486 e. The normalized spacial score (nSPS) is 12.6. The summed E-state index contributed by atoms with van der Waals surface area (Å²) >= 11 is 0. The fourth-order valence-electron chi connectivity index (χ4n) is 2.12. The highest BCUT2D eigenvalue weighted by Gasteiger charge is 2.16. The highest BCUT2D eigenvalue weighted by molar-refractivity contribution is 5.91. The maximum atomic E-state index is 12.0. The second-order valence-corrected chi connectivity index (χ2v) is 4.62. The minimum absolute atomic E-state index is 0.276. The highest BCUT2D eigenvalue weighted by atomic mass is 16.6. The monoisotopic (exact) mass is 284 g/mol. The molecule has 2 aromatic rings. The highest BCUT2D eigenvalue weighted by Crippen LogP contribution is 2.37. The molecule has 0 fully saturated rings. The van der Waals surface area contributed by atoms with Crippen LogP contribution in [0.1, 0.15) is 5.56 Å². The predicted octanol–water partition coefficient (Wildman–Crippen LogP) is 2.78. The molecule has 2 aromatic carbocycles. The molecular weight excluding hydrogens is 268 g/mol. The largest absolute Gasteiger partial charge is 0.486 e. The van der Waals surface area contributed by atoms with E-state index in [9.17, 15) is 4.79 Å². The van der Waals surface area contributed by atoms with Crippen molar-refractivity contribution < 1.29 is 14.3 Å². The van der Waals surface area contributed by atoms with E-state index in [0.29, 0.717) is 36.9 Å². The van der Waals surface area contributed by atoms with E-state index in [0.717, 1.165) is 5.56 Å². The first-order valence-electron chi connectivity index (χ1n) is 6.80. The number of amides is 2. The summed E-state index contributed by atoms with van der Waals surface area (Å²) in [5.74, 6) is 1.24. The standard InChI is InChI=1S/C16H16N2O3/c19-16(17-11-12-5-2-1-3-6-12)18-13-7-4-8-14-15(13)21-10-9-20-14/h1-8H,9-11H2,(H2,17,18,19). The van der Waals surface area contributed by atoms with E-state index in [1.165, 1.54) is 0 Å². The molecule has 0 unspecified atom stereocenters. The summed E-state index contributed by atoms with van der Waals surface area (Å²) in [7, 11) is 0.